The Labute approximate surface area is 189 Å². The van der Waals surface area contributed by atoms with Crippen molar-refractivity contribution in [3.63, 3.8) is 0 Å². The van der Waals surface area contributed by atoms with Gasteiger partial charge in [0.25, 0.3) is 11.8 Å². The largest absolute Gasteiger partial charge is 0.497 e. The molecule has 32 heavy (non-hydrogen) atoms. The number of ether oxygens (including phenoxy) is 3. The van der Waals surface area contributed by atoms with Gasteiger partial charge in [0.2, 0.25) is 0 Å². The quantitative estimate of drug-likeness (QED) is 0.507. The van der Waals surface area contributed by atoms with Crippen molar-refractivity contribution < 1.29 is 23.8 Å². The van der Waals surface area contributed by atoms with E-state index in [1.54, 1.807) is 24.3 Å². The van der Waals surface area contributed by atoms with Crippen LogP contribution in [0.1, 0.15) is 11.8 Å². The van der Waals surface area contributed by atoms with Crippen LogP contribution in [0.25, 0.3) is 5.57 Å². The number of hydrogen-bond acceptors (Lipinski definition) is 7. The molecular formula is C24H22N2O5S. The number of nitrogens with one attached hydrogen (secondary N) is 1. The van der Waals surface area contributed by atoms with E-state index in [2.05, 4.69) is 5.32 Å². The summed E-state index contributed by atoms with van der Waals surface area (Å²) in [6.45, 7) is 2.42. The molecule has 0 aliphatic carbocycles. The van der Waals surface area contributed by atoms with Crippen LogP contribution in [0.3, 0.4) is 0 Å². The maximum absolute atomic E-state index is 13.5. The molecule has 164 valence electrons. The van der Waals surface area contributed by atoms with Gasteiger partial charge in [-0.1, -0.05) is 12.1 Å². The Balaban J connectivity index is 1.77. The molecule has 0 atom stereocenters. The van der Waals surface area contributed by atoms with Gasteiger partial charge in [0, 0.05) is 34.8 Å². The van der Waals surface area contributed by atoms with Gasteiger partial charge in [-0.15, -0.1) is 11.3 Å². The molecule has 1 aliphatic heterocycles. The Hall–Kier alpha value is -3.78. The summed E-state index contributed by atoms with van der Waals surface area (Å²) in [5.74, 6) is 0.737. The van der Waals surface area contributed by atoms with Crippen molar-refractivity contribution in [1.29, 1.82) is 0 Å². The minimum absolute atomic E-state index is 0.202. The third-order valence-electron chi connectivity index (χ3n) is 4.86. The van der Waals surface area contributed by atoms with E-state index in [1.165, 1.54) is 25.6 Å². The average Bonchev–Trinajstić information content (AvgIpc) is 3.40. The molecule has 0 fully saturated rings. The van der Waals surface area contributed by atoms with Gasteiger partial charge in [-0.05, 0) is 30.5 Å². The Kier molecular flexibility index (Phi) is 6.13. The van der Waals surface area contributed by atoms with Gasteiger partial charge >= 0.3 is 0 Å². The predicted octanol–water partition coefficient (Wildman–Crippen LogP) is 4.56. The molecule has 0 bridgehead atoms. The van der Waals surface area contributed by atoms with E-state index in [0.29, 0.717) is 45.7 Å². The van der Waals surface area contributed by atoms with Gasteiger partial charge in [-0.3, -0.25) is 9.59 Å². The van der Waals surface area contributed by atoms with E-state index < -0.39 is 11.8 Å². The Bertz CT molecular complexity index is 1160. The number of methoxy groups -OCH3 is 2. The fraction of sp³-hybridized carbons (Fsp3) is 0.167. The monoisotopic (exact) mass is 450 g/mol. The Morgan fingerprint density at radius 2 is 1.66 bits per heavy atom. The smallest absolute Gasteiger partial charge is 0.282 e. The highest BCUT2D eigenvalue weighted by Crippen LogP contribution is 2.38. The molecule has 7 nitrogen and oxygen atoms in total. The molecule has 0 radical (unpaired) electrons. The summed E-state index contributed by atoms with van der Waals surface area (Å²) < 4.78 is 16.2. The number of hydrogen-bond donors (Lipinski definition) is 1. The maximum atomic E-state index is 13.5. The molecule has 2 aromatic carbocycles. The SMILES string of the molecule is CCOc1cccc(NC2=C(c3cccs3)C(=O)N(c3cc(OC)cc(OC)c3)C2=O)c1. The zero-order valence-electron chi connectivity index (χ0n) is 17.9. The number of rotatable bonds is 8. The van der Waals surface area contributed by atoms with Gasteiger partial charge in [0.05, 0.1) is 32.1 Å². The second kappa shape index (κ2) is 9.15. The number of anilines is 2. The molecular weight excluding hydrogens is 428 g/mol. The van der Waals surface area contributed by atoms with Crippen molar-refractivity contribution in [3.8, 4) is 17.2 Å². The maximum Gasteiger partial charge on any atom is 0.282 e. The second-order valence-electron chi connectivity index (χ2n) is 6.83. The summed E-state index contributed by atoms with van der Waals surface area (Å²) >= 11 is 1.39. The van der Waals surface area contributed by atoms with Crippen LogP contribution in [-0.2, 0) is 9.59 Å². The summed E-state index contributed by atoms with van der Waals surface area (Å²) in [5.41, 5.74) is 1.53. The van der Waals surface area contributed by atoms with E-state index in [9.17, 15) is 9.59 Å². The van der Waals surface area contributed by atoms with E-state index >= 15 is 0 Å². The van der Waals surface area contributed by atoms with Crippen LogP contribution in [0.4, 0.5) is 11.4 Å². The molecule has 8 heteroatoms. The lowest BCUT2D eigenvalue weighted by molar-refractivity contribution is -0.120. The first-order valence-corrected chi connectivity index (χ1v) is 10.8. The minimum atomic E-state index is -0.462. The van der Waals surface area contributed by atoms with E-state index in [0.717, 1.165) is 4.90 Å². The zero-order valence-corrected chi connectivity index (χ0v) is 18.7. The fourth-order valence-electron chi connectivity index (χ4n) is 3.43. The highest BCUT2D eigenvalue weighted by molar-refractivity contribution is 7.11. The minimum Gasteiger partial charge on any atom is -0.497 e. The molecule has 0 saturated carbocycles. The van der Waals surface area contributed by atoms with E-state index in [1.807, 2.05) is 42.6 Å². The molecule has 1 aliphatic rings. The van der Waals surface area contributed by atoms with Gasteiger partial charge in [0.1, 0.15) is 22.9 Å². The molecule has 4 rings (SSSR count). The molecule has 1 N–H and O–H groups in total. The predicted molar refractivity (Wildman–Crippen MR) is 125 cm³/mol. The first-order chi connectivity index (χ1) is 15.5. The molecule has 2 amide bonds. The van der Waals surface area contributed by atoms with Crippen molar-refractivity contribution >= 4 is 40.1 Å². The van der Waals surface area contributed by atoms with E-state index in [-0.39, 0.29) is 5.70 Å². The number of thiophene rings is 1. The van der Waals surface area contributed by atoms with Crippen molar-refractivity contribution in [2.75, 3.05) is 31.0 Å². The van der Waals surface area contributed by atoms with E-state index in [4.69, 9.17) is 14.2 Å². The average molecular weight is 451 g/mol. The first-order valence-electron chi connectivity index (χ1n) is 9.95. The second-order valence-corrected chi connectivity index (χ2v) is 7.78. The van der Waals surface area contributed by atoms with Crippen LogP contribution in [0, 0.1) is 0 Å². The molecule has 0 saturated heterocycles. The molecule has 0 unspecified atom stereocenters. The summed E-state index contributed by atoms with van der Waals surface area (Å²) in [6, 6.07) is 15.9. The number of benzene rings is 2. The Morgan fingerprint density at radius 1 is 0.906 bits per heavy atom. The summed E-state index contributed by atoms with van der Waals surface area (Å²) in [4.78, 5) is 28.8. The molecule has 3 aromatic rings. The fourth-order valence-corrected chi connectivity index (χ4v) is 4.19. The van der Waals surface area contributed by atoms with Gasteiger partial charge in [-0.25, -0.2) is 4.90 Å². The summed E-state index contributed by atoms with van der Waals surface area (Å²) in [6.07, 6.45) is 0. The molecule has 0 spiro atoms. The number of imide groups is 1. The highest BCUT2D eigenvalue weighted by Gasteiger charge is 2.41. The van der Waals surface area contributed by atoms with Crippen LogP contribution in [-0.4, -0.2) is 32.6 Å². The van der Waals surface area contributed by atoms with Crippen LogP contribution < -0.4 is 24.4 Å². The van der Waals surface area contributed by atoms with Gasteiger partial charge < -0.3 is 19.5 Å². The number of carbonyl (C=O) groups excluding carboxylic acids is 2. The lowest BCUT2D eigenvalue weighted by Crippen LogP contribution is -2.32. The topological polar surface area (TPSA) is 77.1 Å². The molecule has 2 heterocycles. The van der Waals surface area contributed by atoms with Gasteiger partial charge in [-0.2, -0.15) is 0 Å². The number of amides is 2. The molecule has 1 aromatic heterocycles. The van der Waals surface area contributed by atoms with Crippen molar-refractivity contribution in [2.45, 2.75) is 6.92 Å². The lowest BCUT2D eigenvalue weighted by Gasteiger charge is -2.17. The van der Waals surface area contributed by atoms with Crippen molar-refractivity contribution in [2.24, 2.45) is 0 Å². The lowest BCUT2D eigenvalue weighted by atomic mass is 10.2. The summed E-state index contributed by atoms with van der Waals surface area (Å²) in [7, 11) is 3.03. The van der Waals surface area contributed by atoms with Crippen LogP contribution in [0.15, 0.2) is 65.7 Å². The normalized spacial score (nSPS) is 13.5. The van der Waals surface area contributed by atoms with Gasteiger partial charge in [0.15, 0.2) is 0 Å². The van der Waals surface area contributed by atoms with Crippen molar-refractivity contribution in [1.82, 2.24) is 0 Å². The Morgan fingerprint density at radius 3 is 2.28 bits per heavy atom. The van der Waals surface area contributed by atoms with Crippen LogP contribution in [0.2, 0.25) is 0 Å². The van der Waals surface area contributed by atoms with Crippen LogP contribution >= 0.6 is 11.3 Å². The number of nitrogens with zero attached hydrogens (tertiary/aromatic N) is 1. The zero-order chi connectivity index (χ0) is 22.7. The van der Waals surface area contributed by atoms with Crippen LogP contribution in [0.5, 0.6) is 17.2 Å². The third kappa shape index (κ3) is 4.04. The highest BCUT2D eigenvalue weighted by atomic mass is 32.1. The first kappa shape index (κ1) is 21.5. The third-order valence-corrected chi connectivity index (χ3v) is 5.75. The number of carbonyl (C=O) groups is 2. The summed E-state index contributed by atoms with van der Waals surface area (Å²) in [5, 5.41) is 5.01. The standard InChI is InChI=1S/C24H22N2O5S/c1-4-31-17-8-5-7-15(11-17)25-22-21(20-9-6-10-32-20)23(27)26(24(22)28)16-12-18(29-2)14-19(13-16)30-3/h5-14,25H,4H2,1-3H3. The van der Waals surface area contributed by atoms with Crippen molar-refractivity contribution in [3.05, 3.63) is 70.6 Å².